The van der Waals surface area contributed by atoms with Crippen molar-refractivity contribution in [3.8, 4) is 0 Å². The summed E-state index contributed by atoms with van der Waals surface area (Å²) in [5.74, 6) is 0.988. The van der Waals surface area contributed by atoms with Gasteiger partial charge in [-0.25, -0.2) is 0 Å². The van der Waals surface area contributed by atoms with Crippen molar-refractivity contribution in [2.75, 3.05) is 0 Å². The molecule has 1 nitrogen and oxygen atoms in total. The van der Waals surface area contributed by atoms with Gasteiger partial charge in [0.25, 0.3) is 0 Å². The summed E-state index contributed by atoms with van der Waals surface area (Å²) in [6.45, 7) is 0. The van der Waals surface area contributed by atoms with Crippen LogP contribution in [0.2, 0.25) is 0 Å². The molecule has 0 unspecified atom stereocenters. The number of Topliss-reactive ketones (excluding diaryl/α,β-unsaturated/α-hetero) is 1. The van der Waals surface area contributed by atoms with Gasteiger partial charge in [-0.15, -0.1) is 0 Å². The zero-order chi connectivity index (χ0) is 20.5. The minimum Gasteiger partial charge on any atom is -0.299 e. The average molecular weight is 398 g/mol. The molecule has 3 atom stereocenters. The molecule has 2 aromatic carbocycles. The Balaban J connectivity index is 1.36. The van der Waals surface area contributed by atoms with Crippen molar-refractivity contribution in [1.82, 2.24) is 0 Å². The normalized spacial score (nSPS) is 26.5. The van der Waals surface area contributed by atoms with Gasteiger partial charge in [-0.1, -0.05) is 61.0 Å². The quantitative estimate of drug-likeness (QED) is 0.477. The van der Waals surface area contributed by atoms with Crippen LogP contribution in [0.4, 0.5) is 13.2 Å². The predicted molar refractivity (Wildman–Crippen MR) is 108 cm³/mol. The maximum absolute atomic E-state index is 12.8. The van der Waals surface area contributed by atoms with Crippen molar-refractivity contribution < 1.29 is 18.0 Å². The molecule has 29 heavy (non-hydrogen) atoms. The molecule has 0 radical (unpaired) electrons. The summed E-state index contributed by atoms with van der Waals surface area (Å²) < 4.78 is 37.9. The average Bonchev–Trinajstić information content (AvgIpc) is 2.73. The number of ketones is 1. The van der Waals surface area contributed by atoms with Crippen LogP contribution in [0.1, 0.15) is 61.1 Å². The van der Waals surface area contributed by atoms with Crippen LogP contribution >= 0.6 is 0 Å². The maximum Gasteiger partial charge on any atom is 0.416 e. The highest BCUT2D eigenvalue weighted by Crippen LogP contribution is 2.64. The molecule has 0 saturated heterocycles. The van der Waals surface area contributed by atoms with Crippen LogP contribution < -0.4 is 0 Å². The lowest BCUT2D eigenvalue weighted by Crippen LogP contribution is -2.58. The second kappa shape index (κ2) is 7.81. The Morgan fingerprint density at radius 2 is 1.76 bits per heavy atom. The van der Waals surface area contributed by atoms with Crippen LogP contribution in [-0.2, 0) is 11.0 Å². The van der Waals surface area contributed by atoms with Crippen LogP contribution in [0.15, 0.2) is 60.7 Å². The molecule has 0 aromatic heterocycles. The van der Waals surface area contributed by atoms with E-state index in [0.717, 1.165) is 56.2 Å². The number of allylic oxidation sites excluding steroid dienone is 1. The van der Waals surface area contributed by atoms with E-state index in [1.165, 1.54) is 17.7 Å². The molecule has 4 heteroatoms. The lowest BCUT2D eigenvalue weighted by Gasteiger charge is -2.58. The number of rotatable bonds is 6. The Bertz CT molecular complexity index is 883. The zero-order valence-corrected chi connectivity index (χ0v) is 16.3. The molecule has 0 amide bonds. The fourth-order valence-corrected chi connectivity index (χ4v) is 5.33. The molecular formula is C25H25F3O. The van der Waals surface area contributed by atoms with E-state index in [9.17, 15) is 18.0 Å². The maximum atomic E-state index is 12.8. The third kappa shape index (κ3) is 3.77. The van der Waals surface area contributed by atoms with Crippen LogP contribution in [0.3, 0.4) is 0 Å². The van der Waals surface area contributed by atoms with Crippen molar-refractivity contribution in [2.45, 2.75) is 50.6 Å². The number of fused-ring (bicyclic) bond motifs is 2. The van der Waals surface area contributed by atoms with Crippen molar-refractivity contribution in [2.24, 2.45) is 11.3 Å². The molecule has 152 valence electrons. The number of carbonyl (C=O) groups excluding carboxylic acids is 1. The van der Waals surface area contributed by atoms with Gasteiger partial charge < -0.3 is 0 Å². The van der Waals surface area contributed by atoms with Gasteiger partial charge >= 0.3 is 6.18 Å². The monoisotopic (exact) mass is 398 g/mol. The van der Waals surface area contributed by atoms with Crippen LogP contribution in [0.25, 0.3) is 6.08 Å². The Labute approximate surface area is 169 Å². The van der Waals surface area contributed by atoms with E-state index in [2.05, 4.69) is 12.1 Å². The Kier molecular flexibility index (Phi) is 5.37. The zero-order valence-electron chi connectivity index (χ0n) is 16.3. The fraction of sp³-hybridized carbons (Fsp3) is 0.400. The molecular weight excluding hydrogens is 373 g/mol. The molecule has 4 rings (SSSR count). The molecule has 2 bridgehead atoms. The fourth-order valence-electron chi connectivity index (χ4n) is 5.33. The van der Waals surface area contributed by atoms with Gasteiger partial charge in [0.15, 0.2) is 0 Å². The number of alkyl halides is 3. The van der Waals surface area contributed by atoms with Crippen LogP contribution in [0, 0.1) is 11.3 Å². The highest BCUT2D eigenvalue weighted by atomic mass is 19.4. The number of halogens is 3. The summed E-state index contributed by atoms with van der Waals surface area (Å²) >= 11 is 0. The number of unbranched alkanes of at least 4 members (excludes halogenated alkanes) is 1. The third-order valence-corrected chi connectivity index (χ3v) is 6.66. The van der Waals surface area contributed by atoms with E-state index >= 15 is 0 Å². The van der Waals surface area contributed by atoms with Gasteiger partial charge in [0.2, 0.25) is 0 Å². The largest absolute Gasteiger partial charge is 0.416 e. The van der Waals surface area contributed by atoms with Gasteiger partial charge in [-0.3, -0.25) is 4.79 Å². The van der Waals surface area contributed by atoms with Crippen molar-refractivity contribution in [1.29, 1.82) is 0 Å². The van der Waals surface area contributed by atoms with Crippen LogP contribution in [0.5, 0.6) is 0 Å². The number of carbonyl (C=O) groups is 1. The minimum atomic E-state index is -4.30. The summed E-state index contributed by atoms with van der Waals surface area (Å²) in [4.78, 5) is 12.8. The number of hydrogen-bond acceptors (Lipinski definition) is 1. The first-order valence-electron chi connectivity index (χ1n) is 10.3. The first-order chi connectivity index (χ1) is 13.9. The number of benzene rings is 2. The molecule has 2 aliphatic carbocycles. The first kappa shape index (κ1) is 19.9. The lowest BCUT2D eigenvalue weighted by atomic mass is 9.43. The van der Waals surface area contributed by atoms with E-state index in [-0.39, 0.29) is 11.3 Å². The minimum absolute atomic E-state index is 0.189. The summed E-state index contributed by atoms with van der Waals surface area (Å²) in [6, 6.07) is 15.6. The van der Waals surface area contributed by atoms with E-state index in [4.69, 9.17) is 0 Å². The van der Waals surface area contributed by atoms with Crippen molar-refractivity contribution in [3.05, 3.63) is 77.4 Å². The highest BCUT2D eigenvalue weighted by Gasteiger charge is 2.62. The van der Waals surface area contributed by atoms with E-state index < -0.39 is 11.7 Å². The van der Waals surface area contributed by atoms with E-state index in [1.807, 2.05) is 30.4 Å². The molecule has 0 N–H and O–H groups in total. The lowest BCUT2D eigenvalue weighted by molar-refractivity contribution is -0.158. The van der Waals surface area contributed by atoms with E-state index in [0.29, 0.717) is 11.7 Å². The predicted octanol–water partition coefficient (Wildman–Crippen LogP) is 7.04. The third-order valence-electron chi connectivity index (χ3n) is 6.66. The van der Waals surface area contributed by atoms with Gasteiger partial charge in [0, 0.05) is 17.3 Å². The molecule has 0 spiro atoms. The standard InChI is InChI=1S/C25H25F3O/c26-25(27,28)20-14-12-18(13-15-20)8-3-2-6-16-24-17-7-11-21(23(24)29)22(24)19-9-4-1-5-10-19/h1,3-5,8-10,12-15,21-22H,2,6-7,11,16-17H2/b8-3+/t21-,22-,24+/m0/s1. The Morgan fingerprint density at radius 1 is 1.03 bits per heavy atom. The van der Waals surface area contributed by atoms with Gasteiger partial charge in [-0.05, 0) is 55.4 Å². The van der Waals surface area contributed by atoms with Crippen molar-refractivity contribution in [3.63, 3.8) is 0 Å². The molecule has 2 fully saturated rings. The second-order valence-corrected chi connectivity index (χ2v) is 8.32. The van der Waals surface area contributed by atoms with E-state index in [1.54, 1.807) is 0 Å². The molecule has 0 heterocycles. The first-order valence-corrected chi connectivity index (χ1v) is 10.3. The SMILES string of the molecule is O=C1[C@H]2CCC[C@]1(CCC/C=C/c1ccc(C(F)(F)F)cc1)[C@H]2c1ccccc1. The highest BCUT2D eigenvalue weighted by molar-refractivity contribution is 5.96. The summed E-state index contributed by atoms with van der Waals surface area (Å²) in [5.41, 5.74) is 1.22. The van der Waals surface area contributed by atoms with Gasteiger partial charge in [0.05, 0.1) is 5.56 Å². The Hall–Kier alpha value is -2.36. The van der Waals surface area contributed by atoms with Crippen molar-refractivity contribution >= 4 is 11.9 Å². The topological polar surface area (TPSA) is 17.1 Å². The summed E-state index contributed by atoms with van der Waals surface area (Å²) in [7, 11) is 0. The number of hydrogen-bond donors (Lipinski definition) is 0. The van der Waals surface area contributed by atoms with Gasteiger partial charge in [0.1, 0.15) is 5.78 Å². The van der Waals surface area contributed by atoms with Gasteiger partial charge in [-0.2, -0.15) is 13.2 Å². The summed E-state index contributed by atoms with van der Waals surface area (Å²) in [6.07, 6.45) is 5.29. The second-order valence-electron chi connectivity index (χ2n) is 8.32. The molecule has 2 aliphatic rings. The summed E-state index contributed by atoms with van der Waals surface area (Å²) in [5, 5.41) is 0. The smallest absolute Gasteiger partial charge is 0.299 e. The molecule has 0 aliphatic heterocycles. The van der Waals surface area contributed by atoms with Crippen LogP contribution in [-0.4, -0.2) is 5.78 Å². The molecule has 2 saturated carbocycles. The molecule has 2 aromatic rings. The Morgan fingerprint density at radius 3 is 2.41 bits per heavy atom.